The van der Waals surface area contributed by atoms with Crippen molar-refractivity contribution in [1.29, 1.82) is 0 Å². The monoisotopic (exact) mass is 269 g/mol. The molecule has 0 aliphatic carbocycles. The van der Waals surface area contributed by atoms with Crippen LogP contribution in [0.5, 0.6) is 0 Å². The minimum Gasteiger partial charge on any atom is -0.319 e. The molecule has 0 unspecified atom stereocenters. The van der Waals surface area contributed by atoms with Gasteiger partial charge in [-0.25, -0.2) is 8.78 Å². The lowest BCUT2D eigenvalue weighted by Crippen LogP contribution is -2.19. The lowest BCUT2D eigenvalue weighted by molar-refractivity contribution is 0.116. The van der Waals surface area contributed by atoms with Crippen molar-refractivity contribution in [3.8, 4) is 0 Å². The second-order valence-electron chi connectivity index (χ2n) is 2.53. The first-order chi connectivity index (χ1) is 6.02. The maximum atomic E-state index is 12.2. The summed E-state index contributed by atoms with van der Waals surface area (Å²) < 4.78 is 25.1. The smallest absolute Gasteiger partial charge is 0.257 e. The van der Waals surface area contributed by atoms with Gasteiger partial charge in [0.15, 0.2) is 0 Å². The summed E-state index contributed by atoms with van der Waals surface area (Å²) in [5, 5.41) is 0.252. The van der Waals surface area contributed by atoms with Crippen LogP contribution in [0.2, 0.25) is 5.02 Å². The van der Waals surface area contributed by atoms with Crippen LogP contribution < -0.4 is 5.73 Å². The van der Waals surface area contributed by atoms with Crippen LogP contribution in [0.3, 0.4) is 0 Å². The van der Waals surface area contributed by atoms with Gasteiger partial charge in [-0.05, 0) is 17.7 Å². The van der Waals surface area contributed by atoms with Gasteiger partial charge in [0.25, 0.3) is 6.43 Å². The van der Waals surface area contributed by atoms with Crippen molar-refractivity contribution in [2.75, 3.05) is 0 Å². The zero-order valence-corrected chi connectivity index (χ0v) is 8.82. The molecule has 0 radical (unpaired) electrons. The molecule has 0 spiro atoms. The number of rotatable bonds is 2. The summed E-state index contributed by atoms with van der Waals surface area (Å²) in [6.07, 6.45) is -2.60. The van der Waals surface area contributed by atoms with Crippen molar-refractivity contribution in [1.82, 2.24) is 0 Å². The highest BCUT2D eigenvalue weighted by atomic mass is 79.9. The molecule has 13 heavy (non-hydrogen) atoms. The third-order valence-corrected chi connectivity index (χ3v) is 2.41. The normalized spacial score (nSPS) is 13.4. The van der Waals surface area contributed by atoms with Crippen LogP contribution in [-0.4, -0.2) is 6.43 Å². The van der Waals surface area contributed by atoms with Gasteiger partial charge in [-0.15, -0.1) is 0 Å². The van der Waals surface area contributed by atoms with Crippen LogP contribution in [0.4, 0.5) is 8.78 Å². The van der Waals surface area contributed by atoms with Crippen LogP contribution in [0.15, 0.2) is 22.7 Å². The van der Waals surface area contributed by atoms with E-state index in [-0.39, 0.29) is 10.6 Å². The minimum absolute atomic E-state index is 0.252. The number of hydrogen-bond acceptors (Lipinski definition) is 1. The molecule has 1 atom stereocenters. The maximum Gasteiger partial charge on any atom is 0.257 e. The molecule has 1 rings (SSSR count). The average Bonchev–Trinajstić information content (AvgIpc) is 2.03. The van der Waals surface area contributed by atoms with Crippen molar-refractivity contribution < 1.29 is 8.78 Å². The molecule has 1 aromatic carbocycles. The summed E-state index contributed by atoms with van der Waals surface area (Å²) in [7, 11) is 0. The predicted molar refractivity (Wildman–Crippen MR) is 52.1 cm³/mol. The van der Waals surface area contributed by atoms with Crippen LogP contribution in [-0.2, 0) is 0 Å². The van der Waals surface area contributed by atoms with Gasteiger partial charge in [-0.3, -0.25) is 0 Å². The second-order valence-corrected chi connectivity index (χ2v) is 3.85. The first-order valence-corrected chi connectivity index (χ1v) is 4.68. The number of halogens is 4. The number of alkyl halides is 2. The molecule has 0 amide bonds. The molecule has 0 bridgehead atoms. The predicted octanol–water partition coefficient (Wildman–Crippen LogP) is 3.37. The molecule has 5 heteroatoms. The molecule has 0 saturated heterocycles. The van der Waals surface area contributed by atoms with Gasteiger partial charge in [0.2, 0.25) is 0 Å². The Bertz CT molecular complexity index is 306. The van der Waals surface area contributed by atoms with Gasteiger partial charge >= 0.3 is 0 Å². The molecule has 0 heterocycles. The van der Waals surface area contributed by atoms with Gasteiger partial charge in [-0.1, -0.05) is 33.6 Å². The fourth-order valence-corrected chi connectivity index (χ4v) is 1.71. The first-order valence-electron chi connectivity index (χ1n) is 3.51. The van der Waals surface area contributed by atoms with E-state index in [4.69, 9.17) is 17.3 Å². The van der Waals surface area contributed by atoms with Crippen LogP contribution in [0.1, 0.15) is 11.6 Å². The van der Waals surface area contributed by atoms with Crippen LogP contribution >= 0.6 is 27.5 Å². The lowest BCUT2D eigenvalue weighted by atomic mass is 10.1. The Balaban J connectivity index is 3.01. The third-order valence-electron chi connectivity index (χ3n) is 1.59. The van der Waals surface area contributed by atoms with E-state index >= 15 is 0 Å². The van der Waals surface area contributed by atoms with E-state index in [2.05, 4.69) is 15.9 Å². The average molecular weight is 271 g/mol. The first kappa shape index (κ1) is 10.9. The molecule has 0 aliphatic rings. The summed E-state index contributed by atoms with van der Waals surface area (Å²) >= 11 is 8.89. The summed E-state index contributed by atoms with van der Waals surface area (Å²) in [4.78, 5) is 0. The van der Waals surface area contributed by atoms with Gasteiger partial charge in [0.05, 0.1) is 6.04 Å². The zero-order chi connectivity index (χ0) is 10.0. The molecule has 0 fully saturated rings. The van der Waals surface area contributed by atoms with Gasteiger partial charge in [-0.2, -0.15) is 0 Å². The lowest BCUT2D eigenvalue weighted by Gasteiger charge is -2.12. The van der Waals surface area contributed by atoms with E-state index in [1.54, 1.807) is 12.1 Å². The highest BCUT2D eigenvalue weighted by Crippen LogP contribution is 2.28. The fraction of sp³-hybridized carbons (Fsp3) is 0.250. The molecular formula is C8H7BrClF2N. The maximum absolute atomic E-state index is 12.2. The Hall–Kier alpha value is -0.190. The van der Waals surface area contributed by atoms with Crippen molar-refractivity contribution in [2.24, 2.45) is 5.73 Å². The highest BCUT2D eigenvalue weighted by Gasteiger charge is 2.19. The fourth-order valence-electron chi connectivity index (χ4n) is 0.908. The summed E-state index contributed by atoms with van der Waals surface area (Å²) in [5.41, 5.74) is 5.50. The topological polar surface area (TPSA) is 26.0 Å². The standard InChI is InChI=1S/C8H7BrClF2N/c9-4-1-2-5(6(10)3-4)7(13)8(11)12/h1-3,7-8H,13H2/t7-/m0/s1. The largest absolute Gasteiger partial charge is 0.319 e. The summed E-state index contributed by atoms with van der Waals surface area (Å²) in [5.74, 6) is 0. The molecule has 1 nitrogen and oxygen atoms in total. The molecule has 0 aromatic heterocycles. The number of nitrogens with two attached hydrogens (primary N) is 1. The van der Waals surface area contributed by atoms with Crippen LogP contribution in [0.25, 0.3) is 0 Å². The van der Waals surface area contributed by atoms with E-state index in [9.17, 15) is 8.78 Å². The zero-order valence-electron chi connectivity index (χ0n) is 6.48. The Kier molecular flexibility index (Phi) is 3.64. The van der Waals surface area contributed by atoms with Crippen molar-refractivity contribution >= 4 is 27.5 Å². The third kappa shape index (κ3) is 2.62. The van der Waals surface area contributed by atoms with E-state index < -0.39 is 12.5 Å². The van der Waals surface area contributed by atoms with Crippen molar-refractivity contribution in [2.45, 2.75) is 12.5 Å². The Labute approximate surface area is 88.0 Å². The van der Waals surface area contributed by atoms with Gasteiger partial charge in [0.1, 0.15) is 0 Å². The quantitative estimate of drug-likeness (QED) is 0.876. The van der Waals surface area contributed by atoms with Crippen LogP contribution in [0, 0.1) is 0 Å². The van der Waals surface area contributed by atoms with Gasteiger partial charge in [0, 0.05) is 9.50 Å². The Morgan fingerprint density at radius 3 is 2.46 bits per heavy atom. The Morgan fingerprint density at radius 2 is 2.00 bits per heavy atom. The Morgan fingerprint density at radius 1 is 1.38 bits per heavy atom. The number of benzene rings is 1. The molecule has 0 saturated carbocycles. The highest BCUT2D eigenvalue weighted by molar-refractivity contribution is 9.10. The minimum atomic E-state index is -2.60. The van der Waals surface area contributed by atoms with E-state index in [1.807, 2.05) is 0 Å². The molecular weight excluding hydrogens is 263 g/mol. The number of hydrogen-bond donors (Lipinski definition) is 1. The second kappa shape index (κ2) is 4.35. The summed E-state index contributed by atoms with van der Waals surface area (Å²) in [6.45, 7) is 0. The SMILES string of the molecule is N[C@@H](c1ccc(Br)cc1Cl)C(F)F. The van der Waals surface area contributed by atoms with E-state index in [0.717, 1.165) is 4.47 Å². The molecule has 72 valence electrons. The van der Waals surface area contributed by atoms with Gasteiger partial charge < -0.3 is 5.73 Å². The van der Waals surface area contributed by atoms with E-state index in [1.165, 1.54) is 6.07 Å². The molecule has 0 aliphatic heterocycles. The van der Waals surface area contributed by atoms with Crippen molar-refractivity contribution in [3.05, 3.63) is 33.3 Å². The molecule has 1 aromatic rings. The van der Waals surface area contributed by atoms with Crippen molar-refractivity contribution in [3.63, 3.8) is 0 Å². The van der Waals surface area contributed by atoms with E-state index in [0.29, 0.717) is 0 Å². The summed E-state index contributed by atoms with van der Waals surface area (Å²) in [6, 6.07) is 3.34. The molecule has 2 N–H and O–H groups in total.